The van der Waals surface area contributed by atoms with Crippen LogP contribution in [0.3, 0.4) is 0 Å². The smallest absolute Gasteiger partial charge is 0.416 e. The highest BCUT2D eigenvalue weighted by molar-refractivity contribution is 7.17. The van der Waals surface area contributed by atoms with Gasteiger partial charge in [0.25, 0.3) is 0 Å². The number of halogens is 6. The SMILES string of the molecule is CC(=O)N(Cc1cccc(-c2sc(C(=O)O)cc2OC(C)C(=O)O)c1)c1cc(C(F)(F)F)cc(C(F)(F)F)c1. The molecule has 0 saturated heterocycles. The first-order chi connectivity index (χ1) is 18.0. The van der Waals surface area contributed by atoms with Gasteiger partial charge in [0.05, 0.1) is 22.5 Å². The zero-order valence-corrected chi connectivity index (χ0v) is 20.9. The molecule has 0 aliphatic carbocycles. The third-order valence-electron chi connectivity index (χ3n) is 5.35. The van der Waals surface area contributed by atoms with Crippen LogP contribution in [0.4, 0.5) is 32.0 Å². The molecule has 1 unspecified atom stereocenters. The number of carboxylic acid groups (broad SMARTS) is 2. The van der Waals surface area contributed by atoms with Crippen molar-refractivity contribution in [1.29, 1.82) is 0 Å². The van der Waals surface area contributed by atoms with Crippen molar-refractivity contribution in [2.24, 2.45) is 0 Å². The number of thiophene rings is 1. The Morgan fingerprint density at radius 3 is 2.03 bits per heavy atom. The Morgan fingerprint density at radius 1 is 0.949 bits per heavy atom. The van der Waals surface area contributed by atoms with Crippen molar-refractivity contribution in [1.82, 2.24) is 0 Å². The quantitative estimate of drug-likeness (QED) is 0.295. The molecule has 2 aromatic carbocycles. The van der Waals surface area contributed by atoms with E-state index < -0.39 is 59.7 Å². The number of benzene rings is 2. The minimum Gasteiger partial charge on any atom is -0.479 e. The Morgan fingerprint density at radius 2 is 1.54 bits per heavy atom. The van der Waals surface area contributed by atoms with Gasteiger partial charge in [0, 0.05) is 18.7 Å². The summed E-state index contributed by atoms with van der Waals surface area (Å²) in [6.07, 6.45) is -11.5. The first-order valence-electron chi connectivity index (χ1n) is 10.9. The molecule has 208 valence electrons. The summed E-state index contributed by atoms with van der Waals surface area (Å²) in [5.74, 6) is -3.51. The average molecular weight is 575 g/mol. The molecule has 14 heteroatoms. The van der Waals surface area contributed by atoms with Crippen LogP contribution in [0.2, 0.25) is 0 Å². The average Bonchev–Trinajstić information content (AvgIpc) is 3.25. The van der Waals surface area contributed by atoms with Crippen LogP contribution < -0.4 is 9.64 Å². The monoisotopic (exact) mass is 575 g/mol. The summed E-state index contributed by atoms with van der Waals surface area (Å²) in [5.41, 5.74) is -3.20. The van der Waals surface area contributed by atoms with Crippen molar-refractivity contribution in [3.05, 3.63) is 70.1 Å². The molecule has 0 fully saturated rings. The molecule has 1 amide bonds. The Labute approximate surface area is 220 Å². The third kappa shape index (κ3) is 7.07. The summed E-state index contributed by atoms with van der Waals surface area (Å²) < 4.78 is 85.5. The van der Waals surface area contributed by atoms with Gasteiger partial charge in [0.1, 0.15) is 10.6 Å². The van der Waals surface area contributed by atoms with Crippen LogP contribution in [-0.4, -0.2) is 34.2 Å². The number of rotatable bonds is 8. The van der Waals surface area contributed by atoms with E-state index in [1.807, 2.05) is 0 Å². The maximum absolute atomic E-state index is 13.3. The predicted octanol–water partition coefficient (Wildman–Crippen LogP) is 6.56. The highest BCUT2D eigenvalue weighted by atomic mass is 32.1. The zero-order valence-electron chi connectivity index (χ0n) is 20.1. The molecule has 1 aromatic heterocycles. The second-order valence-electron chi connectivity index (χ2n) is 8.28. The molecule has 3 aromatic rings. The van der Waals surface area contributed by atoms with E-state index >= 15 is 0 Å². The fourth-order valence-corrected chi connectivity index (χ4v) is 4.41. The lowest BCUT2D eigenvalue weighted by molar-refractivity contribution is -0.144. The molecule has 0 aliphatic rings. The molecule has 7 nitrogen and oxygen atoms in total. The number of hydrogen-bond acceptors (Lipinski definition) is 5. The molecule has 2 N–H and O–H groups in total. The summed E-state index contributed by atoms with van der Waals surface area (Å²) >= 11 is 0.766. The molecule has 3 rings (SSSR count). The van der Waals surface area contributed by atoms with Crippen LogP contribution in [0.15, 0.2) is 48.5 Å². The molecule has 0 aliphatic heterocycles. The van der Waals surface area contributed by atoms with Gasteiger partial charge in [-0.25, -0.2) is 9.59 Å². The Hall–Kier alpha value is -4.07. The molecule has 0 spiro atoms. The van der Waals surface area contributed by atoms with Gasteiger partial charge in [-0.15, -0.1) is 11.3 Å². The Bertz CT molecular complexity index is 1380. The van der Waals surface area contributed by atoms with Crippen LogP contribution in [-0.2, 0) is 28.5 Å². The van der Waals surface area contributed by atoms with E-state index in [9.17, 15) is 45.8 Å². The molecular weight excluding hydrogens is 556 g/mol. The highest BCUT2D eigenvalue weighted by Gasteiger charge is 2.37. The van der Waals surface area contributed by atoms with Crippen molar-refractivity contribution in [3.63, 3.8) is 0 Å². The van der Waals surface area contributed by atoms with E-state index in [1.165, 1.54) is 31.2 Å². The lowest BCUT2D eigenvalue weighted by atomic mass is 10.1. The second kappa shape index (κ2) is 11.0. The van der Waals surface area contributed by atoms with Crippen molar-refractivity contribution in [2.75, 3.05) is 4.90 Å². The first-order valence-corrected chi connectivity index (χ1v) is 11.7. The number of ether oxygens (including phenoxy) is 1. The summed E-state index contributed by atoms with van der Waals surface area (Å²) in [4.78, 5) is 35.9. The van der Waals surface area contributed by atoms with E-state index in [0.29, 0.717) is 17.7 Å². The molecule has 0 bridgehead atoms. The number of carbonyl (C=O) groups excluding carboxylic acids is 1. The van der Waals surface area contributed by atoms with Gasteiger partial charge in [-0.05, 0) is 42.3 Å². The summed E-state index contributed by atoms with van der Waals surface area (Å²) in [6, 6.07) is 7.87. The van der Waals surface area contributed by atoms with Crippen molar-refractivity contribution < 1.29 is 55.7 Å². The topological polar surface area (TPSA) is 104 Å². The molecule has 0 radical (unpaired) electrons. The predicted molar refractivity (Wildman–Crippen MR) is 128 cm³/mol. The van der Waals surface area contributed by atoms with Gasteiger partial charge in [-0.2, -0.15) is 26.3 Å². The van der Waals surface area contributed by atoms with E-state index in [-0.39, 0.29) is 27.1 Å². The van der Waals surface area contributed by atoms with Gasteiger partial charge in [0.15, 0.2) is 6.10 Å². The number of aromatic carboxylic acids is 1. The zero-order chi connectivity index (χ0) is 29.3. The number of aliphatic carboxylic acids is 1. The summed E-state index contributed by atoms with van der Waals surface area (Å²) in [6.45, 7) is 1.78. The van der Waals surface area contributed by atoms with Crippen molar-refractivity contribution >= 4 is 34.9 Å². The third-order valence-corrected chi connectivity index (χ3v) is 6.51. The van der Waals surface area contributed by atoms with Crippen LogP contribution >= 0.6 is 11.3 Å². The standard InChI is InChI=1S/C25H19F6NO6S/c1-12(22(34)35)38-19-10-20(23(36)37)39-21(19)15-5-3-4-14(6-15)11-32(13(2)33)18-8-16(24(26,27)28)7-17(9-18)25(29,30)31/h3-10,12H,11H2,1-2H3,(H,34,35)(H,36,37). The van der Waals surface area contributed by atoms with Crippen LogP contribution in [0.1, 0.15) is 40.2 Å². The number of hydrogen-bond donors (Lipinski definition) is 2. The normalized spacial score (nSPS) is 12.6. The molecular formula is C25H19F6NO6S. The van der Waals surface area contributed by atoms with Gasteiger partial charge < -0.3 is 19.8 Å². The van der Waals surface area contributed by atoms with Crippen LogP contribution in [0, 0.1) is 0 Å². The fraction of sp³-hybridized carbons (Fsp3) is 0.240. The lowest BCUT2D eigenvalue weighted by Gasteiger charge is -2.24. The first kappa shape index (κ1) is 29.5. The van der Waals surface area contributed by atoms with E-state index in [4.69, 9.17) is 9.84 Å². The summed E-state index contributed by atoms with van der Waals surface area (Å²) in [5, 5.41) is 18.5. The lowest BCUT2D eigenvalue weighted by Crippen LogP contribution is -2.28. The van der Waals surface area contributed by atoms with Crippen molar-refractivity contribution in [2.45, 2.75) is 38.8 Å². The number of anilines is 1. The van der Waals surface area contributed by atoms with Gasteiger partial charge in [-0.1, -0.05) is 18.2 Å². The van der Waals surface area contributed by atoms with Crippen LogP contribution in [0.25, 0.3) is 10.4 Å². The largest absolute Gasteiger partial charge is 0.479 e. The number of carboxylic acids is 2. The summed E-state index contributed by atoms with van der Waals surface area (Å²) in [7, 11) is 0. The number of nitrogens with zero attached hydrogens (tertiary/aromatic N) is 1. The molecule has 1 heterocycles. The number of carbonyl (C=O) groups is 3. The molecule has 39 heavy (non-hydrogen) atoms. The number of amides is 1. The van der Waals surface area contributed by atoms with Crippen molar-refractivity contribution in [3.8, 4) is 16.2 Å². The Balaban J connectivity index is 2.06. The van der Waals surface area contributed by atoms with Crippen LogP contribution in [0.5, 0.6) is 5.75 Å². The van der Waals surface area contributed by atoms with E-state index in [2.05, 4.69) is 0 Å². The number of alkyl halides is 6. The highest BCUT2D eigenvalue weighted by Crippen LogP contribution is 2.41. The minimum absolute atomic E-state index is 0.0427. The second-order valence-corrected chi connectivity index (χ2v) is 9.33. The fourth-order valence-electron chi connectivity index (χ4n) is 3.48. The van der Waals surface area contributed by atoms with E-state index in [1.54, 1.807) is 0 Å². The molecule has 1 atom stereocenters. The van der Waals surface area contributed by atoms with E-state index in [0.717, 1.165) is 29.2 Å². The Kier molecular flexibility index (Phi) is 8.29. The maximum atomic E-state index is 13.3. The minimum atomic E-state index is -5.11. The van der Waals surface area contributed by atoms with Gasteiger partial charge in [0.2, 0.25) is 5.91 Å². The van der Waals surface area contributed by atoms with Gasteiger partial charge >= 0.3 is 24.3 Å². The molecule has 0 saturated carbocycles. The van der Waals surface area contributed by atoms with Gasteiger partial charge in [-0.3, -0.25) is 4.79 Å². The maximum Gasteiger partial charge on any atom is 0.416 e.